The fourth-order valence-electron chi connectivity index (χ4n) is 1.53. The topological polar surface area (TPSA) is 79.5 Å². The minimum atomic E-state index is -0.574. The van der Waals surface area contributed by atoms with Crippen LogP contribution < -0.4 is 16.2 Å². The maximum Gasteiger partial charge on any atom is 0.422 e. The summed E-state index contributed by atoms with van der Waals surface area (Å²) in [6.07, 6.45) is 2.05. The van der Waals surface area contributed by atoms with Crippen molar-refractivity contribution in [3.63, 3.8) is 0 Å². The summed E-state index contributed by atoms with van der Waals surface area (Å²) in [4.78, 5) is 22.9. The molecule has 6 heteroatoms. The lowest BCUT2D eigenvalue weighted by molar-refractivity contribution is -0.123. The van der Waals surface area contributed by atoms with Crippen LogP contribution in [-0.4, -0.2) is 30.2 Å². The van der Waals surface area contributed by atoms with Crippen molar-refractivity contribution >= 4 is 12.0 Å². The van der Waals surface area contributed by atoms with Gasteiger partial charge in [-0.15, -0.1) is 0 Å². The van der Waals surface area contributed by atoms with Gasteiger partial charge in [0.2, 0.25) is 5.91 Å². The van der Waals surface area contributed by atoms with Gasteiger partial charge in [0.1, 0.15) is 11.6 Å². The highest BCUT2D eigenvalue weighted by Gasteiger charge is 2.22. The zero-order chi connectivity index (χ0) is 12.9. The molecule has 1 aliphatic rings. The number of nitrogens with one attached hydrogen (secondary N) is 3. The zero-order valence-corrected chi connectivity index (χ0v) is 10.6. The highest BCUT2D eigenvalue weighted by atomic mass is 16.6. The standard InChI is InChI=1S/C11H21N3O3/c1-11(2,3)17-10(16)14-13-8-6-4-5-7-12-9(8)15/h8,13H,4-7H2,1-3H3,(H,12,15)(H,14,16)/t8-/m1/s1. The predicted molar refractivity (Wildman–Crippen MR) is 63.2 cm³/mol. The van der Waals surface area contributed by atoms with Crippen LogP contribution in [0.15, 0.2) is 0 Å². The molecule has 1 aliphatic heterocycles. The molecule has 17 heavy (non-hydrogen) atoms. The van der Waals surface area contributed by atoms with E-state index in [4.69, 9.17) is 4.74 Å². The van der Waals surface area contributed by atoms with Crippen LogP contribution in [0.1, 0.15) is 40.0 Å². The monoisotopic (exact) mass is 243 g/mol. The van der Waals surface area contributed by atoms with Crippen molar-refractivity contribution < 1.29 is 14.3 Å². The van der Waals surface area contributed by atoms with E-state index in [2.05, 4.69) is 16.2 Å². The highest BCUT2D eigenvalue weighted by Crippen LogP contribution is 2.07. The molecule has 0 unspecified atom stereocenters. The van der Waals surface area contributed by atoms with Gasteiger partial charge < -0.3 is 10.1 Å². The third kappa shape index (κ3) is 5.53. The molecule has 0 aromatic carbocycles. The van der Waals surface area contributed by atoms with Gasteiger partial charge in [-0.05, 0) is 40.0 Å². The molecule has 0 bridgehead atoms. The van der Waals surface area contributed by atoms with Crippen LogP contribution in [0.5, 0.6) is 0 Å². The van der Waals surface area contributed by atoms with Gasteiger partial charge in [0.05, 0.1) is 0 Å². The van der Waals surface area contributed by atoms with Crippen LogP contribution in [0.25, 0.3) is 0 Å². The number of rotatable bonds is 2. The molecule has 98 valence electrons. The maximum atomic E-state index is 11.5. The molecule has 0 spiro atoms. The fraction of sp³-hybridized carbons (Fsp3) is 0.818. The summed E-state index contributed by atoms with van der Waals surface area (Å²) in [6, 6.07) is -0.384. The Morgan fingerprint density at radius 1 is 1.41 bits per heavy atom. The molecule has 0 aromatic rings. The van der Waals surface area contributed by atoms with E-state index in [9.17, 15) is 9.59 Å². The van der Waals surface area contributed by atoms with Crippen LogP contribution in [0, 0.1) is 0 Å². The minimum absolute atomic E-state index is 0.0847. The van der Waals surface area contributed by atoms with E-state index >= 15 is 0 Å². The molecule has 6 nitrogen and oxygen atoms in total. The average molecular weight is 243 g/mol. The summed E-state index contributed by atoms with van der Waals surface area (Å²) in [6.45, 7) is 6.05. The van der Waals surface area contributed by atoms with Gasteiger partial charge in [-0.3, -0.25) is 10.2 Å². The molecule has 1 atom stereocenters. The Labute approximate surface area is 101 Å². The first-order valence-corrected chi connectivity index (χ1v) is 5.91. The van der Waals surface area contributed by atoms with Crippen molar-refractivity contribution in [1.82, 2.24) is 16.2 Å². The minimum Gasteiger partial charge on any atom is -0.443 e. The van der Waals surface area contributed by atoms with E-state index in [1.807, 2.05) is 0 Å². The van der Waals surface area contributed by atoms with Gasteiger partial charge >= 0.3 is 6.09 Å². The number of carbonyl (C=O) groups is 2. The number of hydrogen-bond donors (Lipinski definition) is 3. The molecular weight excluding hydrogens is 222 g/mol. The molecule has 2 amide bonds. The first-order valence-electron chi connectivity index (χ1n) is 5.91. The second kappa shape index (κ2) is 5.86. The molecule has 0 radical (unpaired) electrons. The number of hydrogen-bond acceptors (Lipinski definition) is 4. The Kier molecular flexibility index (Phi) is 4.74. The van der Waals surface area contributed by atoms with Crippen molar-refractivity contribution in [2.75, 3.05) is 6.54 Å². The van der Waals surface area contributed by atoms with Crippen molar-refractivity contribution in [3.8, 4) is 0 Å². The Balaban J connectivity index is 2.33. The fourth-order valence-corrected chi connectivity index (χ4v) is 1.53. The van der Waals surface area contributed by atoms with E-state index in [1.165, 1.54) is 0 Å². The molecular formula is C11H21N3O3. The van der Waals surface area contributed by atoms with Crippen LogP contribution in [0.3, 0.4) is 0 Å². The van der Waals surface area contributed by atoms with Crippen LogP contribution in [0.4, 0.5) is 4.79 Å². The van der Waals surface area contributed by atoms with E-state index in [0.29, 0.717) is 13.0 Å². The molecule has 1 fully saturated rings. The van der Waals surface area contributed by atoms with Crippen molar-refractivity contribution in [1.29, 1.82) is 0 Å². The first-order chi connectivity index (χ1) is 7.88. The van der Waals surface area contributed by atoms with Crippen molar-refractivity contribution in [2.45, 2.75) is 51.7 Å². The lowest BCUT2D eigenvalue weighted by Gasteiger charge is -2.21. The Bertz CT molecular complexity index is 286. The predicted octanol–water partition coefficient (Wildman–Crippen LogP) is 0.684. The van der Waals surface area contributed by atoms with Gasteiger partial charge in [0.25, 0.3) is 0 Å². The number of carbonyl (C=O) groups excluding carboxylic acids is 2. The van der Waals surface area contributed by atoms with Gasteiger partial charge in [0.15, 0.2) is 0 Å². The normalized spacial score (nSPS) is 21.4. The van der Waals surface area contributed by atoms with Crippen LogP contribution in [-0.2, 0) is 9.53 Å². The maximum absolute atomic E-state index is 11.5. The lowest BCUT2D eigenvalue weighted by atomic mass is 10.1. The second-order valence-corrected chi connectivity index (χ2v) is 5.11. The largest absolute Gasteiger partial charge is 0.443 e. The van der Waals surface area contributed by atoms with Crippen molar-refractivity contribution in [2.24, 2.45) is 0 Å². The molecule has 0 aromatic heterocycles. The van der Waals surface area contributed by atoms with Gasteiger partial charge in [-0.25, -0.2) is 10.2 Å². The Morgan fingerprint density at radius 2 is 2.12 bits per heavy atom. The summed E-state index contributed by atoms with van der Waals surface area (Å²) < 4.78 is 5.05. The molecule has 1 heterocycles. The third-order valence-corrected chi connectivity index (χ3v) is 2.28. The molecule has 0 saturated carbocycles. The van der Waals surface area contributed by atoms with Crippen LogP contribution in [0.2, 0.25) is 0 Å². The van der Waals surface area contributed by atoms with E-state index in [-0.39, 0.29) is 11.9 Å². The summed E-state index contributed by atoms with van der Waals surface area (Å²) >= 11 is 0. The second-order valence-electron chi connectivity index (χ2n) is 5.11. The number of amides is 2. The molecule has 3 N–H and O–H groups in total. The van der Waals surface area contributed by atoms with Gasteiger partial charge in [-0.2, -0.15) is 0 Å². The van der Waals surface area contributed by atoms with Crippen molar-refractivity contribution in [3.05, 3.63) is 0 Å². The van der Waals surface area contributed by atoms with E-state index < -0.39 is 11.7 Å². The average Bonchev–Trinajstić information content (AvgIpc) is 2.37. The summed E-state index contributed by atoms with van der Waals surface area (Å²) in [7, 11) is 0. The molecule has 0 aliphatic carbocycles. The Hall–Kier alpha value is -1.30. The highest BCUT2D eigenvalue weighted by molar-refractivity contribution is 5.82. The van der Waals surface area contributed by atoms with E-state index in [1.54, 1.807) is 20.8 Å². The molecule has 1 rings (SSSR count). The van der Waals surface area contributed by atoms with Crippen LogP contribution >= 0.6 is 0 Å². The van der Waals surface area contributed by atoms with E-state index in [0.717, 1.165) is 12.8 Å². The third-order valence-electron chi connectivity index (χ3n) is 2.28. The SMILES string of the molecule is CC(C)(C)OC(=O)NN[C@@H]1CCCCNC1=O. The smallest absolute Gasteiger partial charge is 0.422 e. The van der Waals surface area contributed by atoms with Gasteiger partial charge in [0, 0.05) is 6.54 Å². The number of ether oxygens (including phenoxy) is 1. The molecule has 1 saturated heterocycles. The lowest BCUT2D eigenvalue weighted by Crippen LogP contribution is -2.51. The van der Waals surface area contributed by atoms with Gasteiger partial charge in [-0.1, -0.05) is 0 Å². The number of hydrazine groups is 1. The summed E-state index contributed by atoms with van der Waals surface area (Å²) in [5.74, 6) is -0.0847. The Morgan fingerprint density at radius 3 is 2.76 bits per heavy atom. The summed E-state index contributed by atoms with van der Waals surface area (Å²) in [5.41, 5.74) is 4.55. The zero-order valence-electron chi connectivity index (χ0n) is 10.6. The first kappa shape index (κ1) is 13.8. The quantitative estimate of drug-likeness (QED) is 0.623. The summed E-state index contributed by atoms with van der Waals surface area (Å²) in [5, 5.41) is 2.77.